The fraction of sp³-hybridized carbons (Fsp3) is 0.545. The molecule has 4 nitrogen and oxygen atoms in total. The standard InChI is InChI=1S/2C11H18N2/c1-9(2)11-5-10(6-12-7-11)8-13(3)4;1-9(2)10-5-6-11(12-7-10)8-13(3)4/h2*5-7,9H,8H2,1-4H3. The van der Waals surface area contributed by atoms with Crippen LogP contribution in [0.3, 0.4) is 0 Å². The highest BCUT2D eigenvalue weighted by molar-refractivity contribution is 5.20. The van der Waals surface area contributed by atoms with Crippen LogP contribution >= 0.6 is 0 Å². The second kappa shape index (κ2) is 11.0. The minimum atomic E-state index is 0.564. The molecule has 0 aliphatic carbocycles. The van der Waals surface area contributed by atoms with Gasteiger partial charge in [-0.1, -0.05) is 39.8 Å². The van der Waals surface area contributed by atoms with E-state index in [4.69, 9.17) is 0 Å². The van der Waals surface area contributed by atoms with E-state index in [0.717, 1.165) is 18.8 Å². The van der Waals surface area contributed by atoms with Crippen LogP contribution in [0.15, 0.2) is 36.8 Å². The monoisotopic (exact) mass is 356 g/mol. The van der Waals surface area contributed by atoms with Crippen molar-refractivity contribution in [2.24, 2.45) is 0 Å². The van der Waals surface area contributed by atoms with E-state index < -0.39 is 0 Å². The largest absolute Gasteiger partial charge is 0.305 e. The van der Waals surface area contributed by atoms with Gasteiger partial charge in [-0.25, -0.2) is 0 Å². The Morgan fingerprint density at radius 3 is 1.85 bits per heavy atom. The molecule has 0 saturated heterocycles. The minimum Gasteiger partial charge on any atom is -0.305 e. The molecule has 0 aliphatic rings. The smallest absolute Gasteiger partial charge is 0.0543 e. The average Bonchev–Trinajstić information content (AvgIpc) is 2.55. The molecule has 0 bridgehead atoms. The molecule has 0 radical (unpaired) electrons. The van der Waals surface area contributed by atoms with Crippen molar-refractivity contribution in [3.05, 3.63) is 59.2 Å². The van der Waals surface area contributed by atoms with Gasteiger partial charge in [-0.3, -0.25) is 9.97 Å². The molecule has 2 heterocycles. The molecule has 144 valence electrons. The summed E-state index contributed by atoms with van der Waals surface area (Å²) in [5, 5.41) is 0. The fourth-order valence-electron chi connectivity index (χ4n) is 2.47. The predicted molar refractivity (Wildman–Crippen MR) is 111 cm³/mol. The second-order valence-electron chi connectivity index (χ2n) is 7.99. The molecule has 2 rings (SSSR count). The third kappa shape index (κ3) is 8.54. The first-order valence-electron chi connectivity index (χ1n) is 9.37. The Morgan fingerprint density at radius 2 is 1.38 bits per heavy atom. The van der Waals surface area contributed by atoms with Crippen molar-refractivity contribution in [2.45, 2.75) is 52.6 Å². The van der Waals surface area contributed by atoms with Crippen molar-refractivity contribution in [1.29, 1.82) is 0 Å². The van der Waals surface area contributed by atoms with Crippen LogP contribution in [0.1, 0.15) is 61.9 Å². The highest BCUT2D eigenvalue weighted by Crippen LogP contribution is 2.14. The summed E-state index contributed by atoms with van der Waals surface area (Å²) in [7, 11) is 8.25. The number of aromatic nitrogens is 2. The van der Waals surface area contributed by atoms with Gasteiger partial charge in [0.05, 0.1) is 5.69 Å². The van der Waals surface area contributed by atoms with Crippen LogP contribution in [-0.2, 0) is 13.1 Å². The molecule has 0 atom stereocenters. The topological polar surface area (TPSA) is 32.3 Å². The summed E-state index contributed by atoms with van der Waals surface area (Å²) < 4.78 is 0. The maximum absolute atomic E-state index is 4.40. The Morgan fingerprint density at radius 1 is 0.769 bits per heavy atom. The normalized spacial score (nSPS) is 11.2. The van der Waals surface area contributed by atoms with Gasteiger partial charge in [-0.2, -0.15) is 0 Å². The molecule has 2 aromatic heterocycles. The van der Waals surface area contributed by atoms with Gasteiger partial charge in [0.1, 0.15) is 0 Å². The van der Waals surface area contributed by atoms with E-state index in [1.54, 1.807) is 0 Å². The van der Waals surface area contributed by atoms with E-state index in [-0.39, 0.29) is 0 Å². The van der Waals surface area contributed by atoms with Crippen LogP contribution in [0.2, 0.25) is 0 Å². The third-order valence-electron chi connectivity index (χ3n) is 3.97. The van der Waals surface area contributed by atoms with E-state index in [1.807, 2.05) is 18.6 Å². The van der Waals surface area contributed by atoms with Gasteiger partial charge >= 0.3 is 0 Å². The van der Waals surface area contributed by atoms with Crippen LogP contribution in [0, 0.1) is 0 Å². The number of rotatable bonds is 6. The second-order valence-corrected chi connectivity index (χ2v) is 7.99. The molecule has 0 unspecified atom stereocenters. The summed E-state index contributed by atoms with van der Waals surface area (Å²) in [5.41, 5.74) is 5.05. The van der Waals surface area contributed by atoms with E-state index in [1.165, 1.54) is 16.7 Å². The molecule has 0 saturated carbocycles. The first-order chi connectivity index (χ1) is 12.2. The first-order valence-corrected chi connectivity index (χ1v) is 9.37. The van der Waals surface area contributed by atoms with E-state index in [0.29, 0.717) is 11.8 Å². The highest BCUT2D eigenvalue weighted by atomic mass is 15.1. The lowest BCUT2D eigenvalue weighted by molar-refractivity contribution is 0.396. The van der Waals surface area contributed by atoms with Crippen LogP contribution in [0.5, 0.6) is 0 Å². The zero-order valence-electron chi connectivity index (χ0n) is 17.8. The maximum atomic E-state index is 4.40. The number of pyridine rings is 2. The van der Waals surface area contributed by atoms with Gasteiger partial charge in [0.2, 0.25) is 0 Å². The van der Waals surface area contributed by atoms with Gasteiger partial charge < -0.3 is 9.80 Å². The number of hydrogen-bond acceptors (Lipinski definition) is 4. The van der Waals surface area contributed by atoms with Gasteiger partial charge in [0.15, 0.2) is 0 Å². The Labute approximate surface area is 160 Å². The Bertz CT molecular complexity index is 631. The van der Waals surface area contributed by atoms with Crippen molar-refractivity contribution in [3.8, 4) is 0 Å². The summed E-state index contributed by atoms with van der Waals surface area (Å²) >= 11 is 0. The zero-order chi connectivity index (χ0) is 19.7. The summed E-state index contributed by atoms with van der Waals surface area (Å²) in [6.07, 6.45) is 5.86. The van der Waals surface area contributed by atoms with Crippen LogP contribution in [-0.4, -0.2) is 48.0 Å². The predicted octanol–water partition coefficient (Wildman–Crippen LogP) is 4.53. The average molecular weight is 357 g/mol. The number of hydrogen-bond donors (Lipinski definition) is 0. The molecule has 2 aromatic rings. The van der Waals surface area contributed by atoms with Crippen molar-refractivity contribution in [1.82, 2.24) is 19.8 Å². The Hall–Kier alpha value is -1.78. The molecule has 0 spiro atoms. The van der Waals surface area contributed by atoms with E-state index in [9.17, 15) is 0 Å². The van der Waals surface area contributed by atoms with Gasteiger partial charge in [0, 0.05) is 31.7 Å². The summed E-state index contributed by atoms with van der Waals surface area (Å²) in [5.74, 6) is 1.13. The van der Waals surface area contributed by atoms with E-state index in [2.05, 4.69) is 93.9 Å². The van der Waals surface area contributed by atoms with Gasteiger partial charge in [0.25, 0.3) is 0 Å². The van der Waals surface area contributed by atoms with Crippen LogP contribution < -0.4 is 0 Å². The SMILES string of the molecule is CC(C)c1ccc(CN(C)C)nc1.CC(C)c1cncc(CN(C)C)c1. The van der Waals surface area contributed by atoms with Crippen molar-refractivity contribution < 1.29 is 0 Å². The molecular weight excluding hydrogens is 320 g/mol. The minimum absolute atomic E-state index is 0.564. The highest BCUT2D eigenvalue weighted by Gasteiger charge is 2.02. The maximum Gasteiger partial charge on any atom is 0.0543 e. The molecule has 0 fully saturated rings. The molecule has 0 aliphatic heterocycles. The van der Waals surface area contributed by atoms with E-state index >= 15 is 0 Å². The molecule has 4 heteroatoms. The van der Waals surface area contributed by atoms with Crippen molar-refractivity contribution in [2.75, 3.05) is 28.2 Å². The summed E-state index contributed by atoms with van der Waals surface area (Å²) in [4.78, 5) is 12.9. The zero-order valence-corrected chi connectivity index (χ0v) is 17.8. The molecule has 0 amide bonds. The van der Waals surface area contributed by atoms with Crippen LogP contribution in [0.4, 0.5) is 0 Å². The van der Waals surface area contributed by atoms with Gasteiger partial charge in [-0.15, -0.1) is 0 Å². The molecule has 26 heavy (non-hydrogen) atoms. The Balaban J connectivity index is 0.000000260. The number of nitrogens with zero attached hydrogens (tertiary/aromatic N) is 4. The van der Waals surface area contributed by atoms with Crippen LogP contribution in [0.25, 0.3) is 0 Å². The van der Waals surface area contributed by atoms with Gasteiger partial charge in [-0.05, 0) is 62.8 Å². The molecular formula is C22H36N4. The lowest BCUT2D eigenvalue weighted by Crippen LogP contribution is -2.11. The van der Waals surface area contributed by atoms with Crippen molar-refractivity contribution >= 4 is 0 Å². The Kier molecular flexibility index (Phi) is 9.46. The lowest BCUT2D eigenvalue weighted by Gasteiger charge is -2.11. The lowest BCUT2D eigenvalue weighted by atomic mass is 10.0. The van der Waals surface area contributed by atoms with Crippen molar-refractivity contribution in [3.63, 3.8) is 0 Å². The first kappa shape index (κ1) is 22.3. The molecule has 0 aromatic carbocycles. The molecule has 0 N–H and O–H groups in total. The summed E-state index contributed by atoms with van der Waals surface area (Å²) in [6.45, 7) is 10.6. The summed E-state index contributed by atoms with van der Waals surface area (Å²) in [6, 6.07) is 6.50. The quantitative estimate of drug-likeness (QED) is 0.761. The fourth-order valence-corrected chi connectivity index (χ4v) is 2.47. The third-order valence-corrected chi connectivity index (χ3v) is 3.97.